The van der Waals surface area contributed by atoms with Gasteiger partial charge in [0.15, 0.2) is 17.5 Å². The van der Waals surface area contributed by atoms with Gasteiger partial charge in [0.25, 0.3) is 0 Å². The molecule has 1 saturated carbocycles. The molecule has 2 fully saturated rings. The fraction of sp³-hybridized carbons (Fsp3) is 0.636. The van der Waals surface area contributed by atoms with E-state index in [1.165, 1.54) is 12.8 Å². The molecule has 1 aliphatic heterocycles. The van der Waals surface area contributed by atoms with Crippen molar-refractivity contribution in [3.8, 4) is 17.2 Å². The number of carbonyl (C=O) groups is 1. The highest BCUT2D eigenvalue weighted by molar-refractivity contribution is 5.81. The summed E-state index contributed by atoms with van der Waals surface area (Å²) < 4.78 is 16.2. The number of hydrogen-bond donors (Lipinski definition) is 2. The van der Waals surface area contributed by atoms with Gasteiger partial charge in [-0.2, -0.15) is 0 Å². The number of likely N-dealkylation sites (tertiary alicyclic amines) is 1. The lowest BCUT2D eigenvalue weighted by molar-refractivity contribution is -0.134. The third kappa shape index (κ3) is 5.09. The quantitative estimate of drug-likeness (QED) is 0.522. The van der Waals surface area contributed by atoms with Gasteiger partial charge in [0.1, 0.15) is 5.75 Å². The summed E-state index contributed by atoms with van der Waals surface area (Å²) in [6.07, 6.45) is 5.39. The molecular weight excluding hydrogens is 384 g/mol. The average molecular weight is 419 g/mol. The molecule has 0 aromatic heterocycles. The van der Waals surface area contributed by atoms with Crippen LogP contribution in [0, 0.1) is 5.92 Å². The summed E-state index contributed by atoms with van der Waals surface area (Å²) in [5, 5.41) is 6.78. The fourth-order valence-corrected chi connectivity index (χ4v) is 4.31. The second-order valence-electron chi connectivity index (χ2n) is 7.84. The van der Waals surface area contributed by atoms with Crippen LogP contribution in [0.25, 0.3) is 0 Å². The summed E-state index contributed by atoms with van der Waals surface area (Å²) in [4.78, 5) is 19.0. The van der Waals surface area contributed by atoms with Gasteiger partial charge >= 0.3 is 0 Å². The highest BCUT2D eigenvalue weighted by Gasteiger charge is 2.32. The Morgan fingerprint density at radius 3 is 2.37 bits per heavy atom. The van der Waals surface area contributed by atoms with Gasteiger partial charge in [-0.05, 0) is 25.3 Å². The van der Waals surface area contributed by atoms with E-state index in [-0.39, 0.29) is 12.0 Å². The van der Waals surface area contributed by atoms with E-state index in [0.29, 0.717) is 35.7 Å². The summed E-state index contributed by atoms with van der Waals surface area (Å²) in [5.41, 5.74) is 0.933. The molecule has 2 N–H and O–H groups in total. The molecule has 1 aromatic carbocycles. The second kappa shape index (κ2) is 10.4. The van der Waals surface area contributed by atoms with Gasteiger partial charge in [0.2, 0.25) is 5.91 Å². The largest absolute Gasteiger partial charge is 0.496 e. The third-order valence-electron chi connectivity index (χ3n) is 6.00. The van der Waals surface area contributed by atoms with Crippen LogP contribution in [0.15, 0.2) is 17.1 Å². The van der Waals surface area contributed by atoms with Crippen molar-refractivity contribution in [1.82, 2.24) is 15.5 Å². The smallest absolute Gasteiger partial charge is 0.225 e. The molecule has 3 rings (SSSR count). The van der Waals surface area contributed by atoms with E-state index < -0.39 is 0 Å². The first-order valence-electron chi connectivity index (χ1n) is 10.6. The molecule has 30 heavy (non-hydrogen) atoms. The number of rotatable bonds is 7. The first kappa shape index (κ1) is 22.1. The Bertz CT molecular complexity index is 762. The third-order valence-corrected chi connectivity index (χ3v) is 6.00. The van der Waals surface area contributed by atoms with Crippen molar-refractivity contribution in [3.05, 3.63) is 17.7 Å². The van der Waals surface area contributed by atoms with E-state index in [0.717, 1.165) is 37.9 Å². The van der Waals surface area contributed by atoms with Crippen LogP contribution in [0.2, 0.25) is 0 Å². The molecule has 1 saturated heterocycles. The molecule has 1 heterocycles. The monoisotopic (exact) mass is 418 g/mol. The van der Waals surface area contributed by atoms with E-state index in [1.807, 2.05) is 17.0 Å². The predicted octanol–water partition coefficient (Wildman–Crippen LogP) is 2.17. The van der Waals surface area contributed by atoms with Crippen LogP contribution in [0.4, 0.5) is 0 Å². The topological polar surface area (TPSA) is 84.4 Å². The Morgan fingerprint density at radius 1 is 1.07 bits per heavy atom. The van der Waals surface area contributed by atoms with Crippen LogP contribution >= 0.6 is 0 Å². The van der Waals surface area contributed by atoms with Crippen molar-refractivity contribution in [2.24, 2.45) is 10.9 Å². The van der Waals surface area contributed by atoms with E-state index in [9.17, 15) is 4.79 Å². The highest BCUT2D eigenvalue weighted by Crippen LogP contribution is 2.34. The zero-order valence-electron chi connectivity index (χ0n) is 18.5. The highest BCUT2D eigenvalue weighted by atomic mass is 16.5. The number of nitrogens with zero attached hydrogens (tertiary/aromatic N) is 2. The second-order valence-corrected chi connectivity index (χ2v) is 7.84. The molecule has 0 spiro atoms. The number of methoxy groups -OCH3 is 3. The van der Waals surface area contributed by atoms with Crippen LogP contribution in [-0.4, -0.2) is 64.3 Å². The maximum atomic E-state index is 12.7. The Kier molecular flexibility index (Phi) is 7.65. The molecule has 1 aliphatic carbocycles. The summed E-state index contributed by atoms with van der Waals surface area (Å²) in [6, 6.07) is 3.92. The number of ether oxygens (including phenoxy) is 3. The number of nitrogens with one attached hydrogen (secondary N) is 2. The molecule has 0 radical (unpaired) electrons. The normalized spacial score (nSPS) is 19.7. The van der Waals surface area contributed by atoms with Crippen molar-refractivity contribution in [2.75, 3.05) is 41.5 Å². The Labute approximate surface area is 179 Å². The van der Waals surface area contributed by atoms with Gasteiger partial charge in [-0.1, -0.05) is 12.8 Å². The summed E-state index contributed by atoms with van der Waals surface area (Å²) >= 11 is 0. The van der Waals surface area contributed by atoms with Crippen molar-refractivity contribution in [3.63, 3.8) is 0 Å². The van der Waals surface area contributed by atoms with Gasteiger partial charge in [-0.15, -0.1) is 0 Å². The minimum absolute atomic E-state index is 0.203. The lowest BCUT2D eigenvalue weighted by atomic mass is 10.1. The Morgan fingerprint density at radius 2 is 1.73 bits per heavy atom. The lowest BCUT2D eigenvalue weighted by Crippen LogP contribution is -2.45. The Hall–Kier alpha value is -2.64. The number of aliphatic imine (C=N–C) groups is 1. The zero-order chi connectivity index (χ0) is 21.5. The maximum absolute atomic E-state index is 12.7. The minimum Gasteiger partial charge on any atom is -0.496 e. The Balaban J connectivity index is 1.56. The maximum Gasteiger partial charge on any atom is 0.225 e. The predicted molar refractivity (Wildman–Crippen MR) is 116 cm³/mol. The SMILES string of the molecule is CN=C(NCc1cc(OC)c(OC)cc1OC)NC1CCN(C(=O)C2CCCC2)C1. The lowest BCUT2D eigenvalue weighted by Gasteiger charge is -2.22. The molecule has 1 unspecified atom stereocenters. The number of hydrogen-bond acceptors (Lipinski definition) is 5. The molecule has 1 aromatic rings. The molecule has 8 heteroatoms. The van der Waals surface area contributed by atoms with E-state index >= 15 is 0 Å². The number of carbonyl (C=O) groups excluding carboxylic acids is 1. The van der Waals surface area contributed by atoms with Crippen LogP contribution in [0.5, 0.6) is 17.2 Å². The van der Waals surface area contributed by atoms with E-state index in [4.69, 9.17) is 14.2 Å². The minimum atomic E-state index is 0.203. The van der Waals surface area contributed by atoms with E-state index in [1.54, 1.807) is 28.4 Å². The molecule has 8 nitrogen and oxygen atoms in total. The summed E-state index contributed by atoms with van der Waals surface area (Å²) in [7, 11) is 6.59. The van der Waals surface area contributed by atoms with Gasteiger partial charge in [-0.3, -0.25) is 9.79 Å². The first-order chi connectivity index (χ1) is 14.6. The number of guanidine groups is 1. The van der Waals surface area contributed by atoms with Gasteiger partial charge in [0.05, 0.1) is 21.3 Å². The summed E-state index contributed by atoms with van der Waals surface area (Å²) in [6.45, 7) is 2.06. The van der Waals surface area contributed by atoms with Crippen molar-refractivity contribution < 1.29 is 19.0 Å². The van der Waals surface area contributed by atoms with Crippen molar-refractivity contribution in [1.29, 1.82) is 0 Å². The standard InChI is InChI=1S/C22H34N4O4/c1-23-22(24-13-16-11-19(29-3)20(30-4)12-18(16)28-2)25-17-9-10-26(14-17)21(27)15-7-5-6-8-15/h11-12,15,17H,5-10,13-14H2,1-4H3,(H2,23,24,25). The molecule has 1 atom stereocenters. The molecule has 0 bridgehead atoms. The number of benzene rings is 1. The molecule has 2 aliphatic rings. The van der Waals surface area contributed by atoms with Crippen molar-refractivity contribution in [2.45, 2.75) is 44.7 Å². The van der Waals surface area contributed by atoms with E-state index in [2.05, 4.69) is 15.6 Å². The van der Waals surface area contributed by atoms with Gasteiger partial charge < -0.3 is 29.7 Å². The van der Waals surface area contributed by atoms with Crippen LogP contribution in [0.3, 0.4) is 0 Å². The fourth-order valence-electron chi connectivity index (χ4n) is 4.31. The first-order valence-corrected chi connectivity index (χ1v) is 10.6. The molecule has 166 valence electrons. The number of amides is 1. The zero-order valence-corrected chi connectivity index (χ0v) is 18.5. The van der Waals surface area contributed by atoms with Crippen LogP contribution < -0.4 is 24.8 Å². The van der Waals surface area contributed by atoms with Gasteiger partial charge in [-0.25, -0.2) is 0 Å². The van der Waals surface area contributed by atoms with Crippen LogP contribution in [0.1, 0.15) is 37.7 Å². The van der Waals surface area contributed by atoms with Gasteiger partial charge in [0, 0.05) is 50.3 Å². The summed E-state index contributed by atoms with van der Waals surface area (Å²) in [5.74, 6) is 3.25. The molecular formula is C22H34N4O4. The average Bonchev–Trinajstić information content (AvgIpc) is 3.47. The van der Waals surface area contributed by atoms with Crippen molar-refractivity contribution >= 4 is 11.9 Å². The molecule has 1 amide bonds. The van der Waals surface area contributed by atoms with Crippen LogP contribution in [-0.2, 0) is 11.3 Å².